The molecule has 0 aliphatic rings. The molecule has 12 heteroatoms. The Bertz CT molecular complexity index is 1430. The summed E-state index contributed by atoms with van der Waals surface area (Å²) in [6, 6.07) is 9.49. The molecule has 0 aliphatic carbocycles. The molecule has 0 fully saturated rings. The second kappa shape index (κ2) is 8.28. The van der Waals surface area contributed by atoms with Gasteiger partial charge in [0.25, 0.3) is 11.5 Å². The molecule has 4 aromatic rings. The number of carbonyl (C=O) groups excluding carboxylic acids is 1. The number of hydrogen-bond donors (Lipinski definition) is 2. The molecule has 0 atom stereocenters. The highest BCUT2D eigenvalue weighted by Crippen LogP contribution is 2.25. The molecule has 3 aromatic heterocycles. The van der Waals surface area contributed by atoms with Gasteiger partial charge in [0, 0.05) is 26.7 Å². The Balaban J connectivity index is 1.58. The normalized spacial score (nSPS) is 11.8. The largest absolute Gasteiger partial charge is 0.346 e. The van der Waals surface area contributed by atoms with Crippen LogP contribution in [-0.2, 0) is 20.6 Å². The average Bonchev–Trinajstić information content (AvgIpc) is 3.37. The third-order valence-electron chi connectivity index (χ3n) is 4.54. The summed E-state index contributed by atoms with van der Waals surface area (Å²) < 4.78 is 2.76. The highest BCUT2D eigenvalue weighted by atomic mass is 35.5. The van der Waals surface area contributed by atoms with Gasteiger partial charge in [-0.1, -0.05) is 53.3 Å². The van der Waals surface area contributed by atoms with Gasteiger partial charge >= 0.3 is 5.69 Å². The molecule has 4 rings (SSSR count). The maximum atomic E-state index is 12.3. The van der Waals surface area contributed by atoms with E-state index in [0.717, 1.165) is 16.9 Å². The summed E-state index contributed by atoms with van der Waals surface area (Å²) in [6.45, 7) is 0.366. The number of amides is 1. The monoisotopic (exact) mass is 457 g/mol. The molecule has 0 aliphatic heterocycles. The second-order valence-electron chi connectivity index (χ2n) is 6.59. The van der Waals surface area contributed by atoms with Crippen molar-refractivity contribution in [2.24, 2.45) is 14.1 Å². The van der Waals surface area contributed by atoms with Crippen LogP contribution in [0.4, 0.5) is 0 Å². The SMILES string of the molecule is Cn1c(/C=C(/Cl)c2nnc(C(=O)NCc3ccccc3)s2)nc2c1c(=O)[nH]c(=O)n2C. The lowest BCUT2D eigenvalue weighted by Gasteiger charge is -2.02. The molecule has 3 heterocycles. The van der Waals surface area contributed by atoms with Gasteiger partial charge in [0.15, 0.2) is 16.2 Å². The molecule has 0 spiro atoms. The number of carbonyl (C=O) groups is 1. The van der Waals surface area contributed by atoms with Crippen molar-refractivity contribution in [1.82, 2.24) is 34.6 Å². The first-order valence-electron chi connectivity index (χ1n) is 9.04. The quantitative estimate of drug-likeness (QED) is 0.467. The Hall–Kier alpha value is -3.57. The van der Waals surface area contributed by atoms with Crippen molar-refractivity contribution in [2.45, 2.75) is 6.54 Å². The van der Waals surface area contributed by atoms with Crippen molar-refractivity contribution in [3.63, 3.8) is 0 Å². The number of halogens is 1. The van der Waals surface area contributed by atoms with Gasteiger partial charge in [-0.25, -0.2) is 9.78 Å². The molecule has 2 N–H and O–H groups in total. The van der Waals surface area contributed by atoms with Crippen molar-refractivity contribution in [2.75, 3.05) is 0 Å². The molecule has 0 saturated carbocycles. The van der Waals surface area contributed by atoms with E-state index in [4.69, 9.17) is 11.6 Å². The lowest BCUT2D eigenvalue weighted by molar-refractivity contribution is 0.0950. The Kier molecular flexibility index (Phi) is 5.53. The van der Waals surface area contributed by atoms with Crippen molar-refractivity contribution >= 4 is 51.1 Å². The number of hydrogen-bond acceptors (Lipinski definition) is 7. The summed E-state index contributed by atoms with van der Waals surface area (Å²) in [5.41, 5.74) is 0.315. The zero-order chi connectivity index (χ0) is 22.1. The maximum Gasteiger partial charge on any atom is 0.329 e. The van der Waals surface area contributed by atoms with Gasteiger partial charge in [0.05, 0.1) is 5.03 Å². The van der Waals surface area contributed by atoms with E-state index in [0.29, 0.717) is 17.4 Å². The molecule has 158 valence electrons. The van der Waals surface area contributed by atoms with Gasteiger partial charge in [-0.2, -0.15) is 0 Å². The minimum atomic E-state index is -0.562. The average molecular weight is 458 g/mol. The predicted octanol–water partition coefficient (Wildman–Crippen LogP) is 1.48. The summed E-state index contributed by atoms with van der Waals surface area (Å²) >= 11 is 7.40. The van der Waals surface area contributed by atoms with Crippen LogP contribution >= 0.6 is 22.9 Å². The van der Waals surface area contributed by atoms with Crippen LogP contribution < -0.4 is 16.6 Å². The summed E-state index contributed by atoms with van der Waals surface area (Å²) in [5.74, 6) is -0.0155. The molecular formula is C19H16ClN7O3S. The van der Waals surface area contributed by atoms with Crippen LogP contribution in [-0.4, -0.2) is 35.2 Å². The van der Waals surface area contributed by atoms with Crippen LogP contribution in [0.3, 0.4) is 0 Å². The molecule has 1 aromatic carbocycles. The van der Waals surface area contributed by atoms with E-state index in [2.05, 4.69) is 25.5 Å². The fourth-order valence-corrected chi connectivity index (χ4v) is 3.81. The standard InChI is InChI=1S/C19H16ClN7O3S/c1-26-12(22-14-13(26)15(28)23-19(30)27(14)2)8-11(20)17-24-25-18(31-17)16(29)21-9-10-6-4-3-5-7-10/h3-8H,9H2,1-2H3,(H,21,29)(H,23,28,30)/b11-8+. The van der Waals surface area contributed by atoms with Crippen LogP contribution in [0.2, 0.25) is 0 Å². The van der Waals surface area contributed by atoms with E-state index >= 15 is 0 Å². The molecule has 0 saturated heterocycles. The Morgan fingerprint density at radius 1 is 1.16 bits per heavy atom. The number of aromatic nitrogens is 6. The number of nitrogens with one attached hydrogen (secondary N) is 2. The smallest absolute Gasteiger partial charge is 0.329 e. The van der Waals surface area contributed by atoms with E-state index in [-0.39, 0.29) is 27.1 Å². The van der Waals surface area contributed by atoms with Crippen LogP contribution in [0.5, 0.6) is 0 Å². The highest BCUT2D eigenvalue weighted by Gasteiger charge is 2.17. The van der Waals surface area contributed by atoms with E-state index in [1.807, 2.05) is 30.3 Å². The first kappa shape index (κ1) is 20.7. The summed E-state index contributed by atoms with van der Waals surface area (Å²) in [6.07, 6.45) is 1.50. The van der Waals surface area contributed by atoms with E-state index < -0.39 is 11.2 Å². The number of aromatic amines is 1. The maximum absolute atomic E-state index is 12.3. The van der Waals surface area contributed by atoms with E-state index in [9.17, 15) is 14.4 Å². The van der Waals surface area contributed by atoms with Crippen molar-refractivity contribution < 1.29 is 4.79 Å². The third-order valence-corrected chi connectivity index (χ3v) is 5.90. The summed E-state index contributed by atoms with van der Waals surface area (Å²) in [4.78, 5) is 42.8. The summed E-state index contributed by atoms with van der Waals surface area (Å²) in [7, 11) is 3.14. The van der Waals surface area contributed by atoms with Gasteiger partial charge in [-0.3, -0.25) is 19.1 Å². The zero-order valence-corrected chi connectivity index (χ0v) is 18.0. The number of fused-ring (bicyclic) bond motifs is 1. The number of nitrogens with zero attached hydrogens (tertiary/aromatic N) is 5. The number of benzene rings is 1. The highest BCUT2D eigenvalue weighted by molar-refractivity contribution is 7.15. The Morgan fingerprint density at radius 2 is 1.87 bits per heavy atom. The minimum absolute atomic E-state index is 0.168. The molecule has 0 bridgehead atoms. The number of imidazole rings is 1. The van der Waals surface area contributed by atoms with Gasteiger partial charge in [-0.05, 0) is 5.56 Å². The minimum Gasteiger partial charge on any atom is -0.346 e. The molecule has 0 radical (unpaired) electrons. The molecular weight excluding hydrogens is 442 g/mol. The van der Waals surface area contributed by atoms with Gasteiger partial charge < -0.3 is 9.88 Å². The molecule has 0 unspecified atom stereocenters. The van der Waals surface area contributed by atoms with E-state index in [1.165, 1.54) is 22.3 Å². The Morgan fingerprint density at radius 3 is 2.61 bits per heavy atom. The number of aryl methyl sites for hydroxylation is 2. The number of H-pyrrole nitrogens is 1. The predicted molar refractivity (Wildman–Crippen MR) is 118 cm³/mol. The Labute approximate surface area is 183 Å². The van der Waals surface area contributed by atoms with Crippen molar-refractivity contribution in [3.8, 4) is 0 Å². The van der Waals surface area contributed by atoms with Crippen molar-refractivity contribution in [1.29, 1.82) is 0 Å². The topological polar surface area (TPSA) is 128 Å². The third kappa shape index (κ3) is 4.05. The van der Waals surface area contributed by atoms with Crippen LogP contribution in [0, 0.1) is 0 Å². The lowest BCUT2D eigenvalue weighted by atomic mass is 10.2. The van der Waals surface area contributed by atoms with Crippen LogP contribution in [0.25, 0.3) is 22.3 Å². The summed E-state index contributed by atoms with van der Waals surface area (Å²) in [5, 5.41) is 11.3. The molecule has 31 heavy (non-hydrogen) atoms. The van der Waals surface area contributed by atoms with Crippen LogP contribution in [0.15, 0.2) is 39.9 Å². The first-order chi connectivity index (χ1) is 14.8. The molecule has 1 amide bonds. The zero-order valence-electron chi connectivity index (χ0n) is 16.4. The fraction of sp³-hybridized carbons (Fsp3) is 0.158. The number of rotatable bonds is 5. The van der Waals surface area contributed by atoms with Gasteiger partial charge in [0.2, 0.25) is 5.01 Å². The lowest BCUT2D eigenvalue weighted by Crippen LogP contribution is -2.29. The second-order valence-corrected chi connectivity index (χ2v) is 7.98. The first-order valence-corrected chi connectivity index (χ1v) is 10.2. The van der Waals surface area contributed by atoms with E-state index in [1.54, 1.807) is 7.05 Å². The molecule has 10 nitrogen and oxygen atoms in total. The fourth-order valence-electron chi connectivity index (χ4n) is 2.89. The van der Waals surface area contributed by atoms with Crippen molar-refractivity contribution in [3.05, 3.63) is 72.6 Å². The van der Waals surface area contributed by atoms with Gasteiger partial charge in [0.1, 0.15) is 5.82 Å². The van der Waals surface area contributed by atoms with Gasteiger partial charge in [-0.15, -0.1) is 10.2 Å². The van der Waals surface area contributed by atoms with Crippen LogP contribution in [0.1, 0.15) is 26.2 Å².